The van der Waals surface area contributed by atoms with Crippen molar-refractivity contribution in [2.24, 2.45) is 5.92 Å². The van der Waals surface area contributed by atoms with E-state index in [1.165, 1.54) is 0 Å². The molecule has 1 heterocycles. The van der Waals surface area contributed by atoms with Crippen LogP contribution in [0.15, 0.2) is 10.7 Å². The van der Waals surface area contributed by atoms with E-state index in [9.17, 15) is 0 Å². The normalized spacial score (nSPS) is 10.9. The maximum atomic E-state index is 5.20. The van der Waals surface area contributed by atoms with E-state index >= 15 is 0 Å². The summed E-state index contributed by atoms with van der Waals surface area (Å²) in [6.07, 6.45) is 1.69. The summed E-state index contributed by atoms with van der Waals surface area (Å²) in [6.45, 7) is 8.98. The van der Waals surface area contributed by atoms with E-state index < -0.39 is 0 Å². The molecule has 14 heavy (non-hydrogen) atoms. The fourth-order valence-electron chi connectivity index (χ4n) is 1.11. The minimum absolute atomic E-state index is 0.605. The Morgan fingerprint density at radius 2 is 2.29 bits per heavy atom. The van der Waals surface area contributed by atoms with Crippen LogP contribution >= 0.6 is 0 Å². The van der Waals surface area contributed by atoms with Gasteiger partial charge in [-0.1, -0.05) is 13.8 Å². The molecule has 0 radical (unpaired) electrons. The van der Waals surface area contributed by atoms with Crippen LogP contribution in [0.4, 0.5) is 6.01 Å². The lowest BCUT2D eigenvalue weighted by atomic mass is 10.2. The summed E-state index contributed by atoms with van der Waals surface area (Å²) in [6, 6.07) is 0.605. The lowest BCUT2D eigenvalue weighted by Crippen LogP contribution is -2.19. The van der Waals surface area contributed by atoms with E-state index in [1.54, 1.807) is 6.26 Å². The highest BCUT2D eigenvalue weighted by molar-refractivity contribution is 5.20. The molecule has 4 nitrogen and oxygen atoms in total. The maximum Gasteiger partial charge on any atom is 0.294 e. The summed E-state index contributed by atoms with van der Waals surface area (Å²) in [5.74, 6) is 0.662. The summed E-state index contributed by atoms with van der Waals surface area (Å²) >= 11 is 0. The quantitative estimate of drug-likeness (QED) is 0.730. The van der Waals surface area contributed by atoms with Crippen LogP contribution in [0.1, 0.15) is 26.5 Å². The Balaban J connectivity index is 2.28. The summed E-state index contributed by atoms with van der Waals surface area (Å²) in [7, 11) is 0. The van der Waals surface area contributed by atoms with Crippen LogP contribution in [0.5, 0.6) is 0 Å². The Bertz CT molecular complexity index is 258. The largest absolute Gasteiger partial charge is 0.432 e. The predicted molar refractivity (Wildman–Crippen MR) is 57.2 cm³/mol. The molecule has 0 saturated heterocycles. The molecule has 4 heteroatoms. The first-order chi connectivity index (χ1) is 6.72. The molecular formula is C10H19N3O. The summed E-state index contributed by atoms with van der Waals surface area (Å²) in [4.78, 5) is 4.26. The second-order valence-corrected chi connectivity index (χ2v) is 3.70. The molecule has 2 N–H and O–H groups in total. The van der Waals surface area contributed by atoms with Crippen molar-refractivity contribution in [3.05, 3.63) is 12.0 Å². The number of nitrogens with one attached hydrogen (secondary N) is 2. The fourth-order valence-corrected chi connectivity index (χ4v) is 1.11. The number of oxazole rings is 1. The van der Waals surface area contributed by atoms with Crippen LogP contribution in [0, 0.1) is 5.92 Å². The van der Waals surface area contributed by atoms with Crippen molar-refractivity contribution in [2.45, 2.75) is 27.3 Å². The first kappa shape index (κ1) is 11.0. The summed E-state index contributed by atoms with van der Waals surface area (Å²) in [5.41, 5.74) is 0.946. The fraction of sp³-hybridized carbons (Fsp3) is 0.700. The van der Waals surface area contributed by atoms with Crippen molar-refractivity contribution >= 4 is 6.01 Å². The van der Waals surface area contributed by atoms with E-state index in [1.807, 2.05) is 6.92 Å². The second-order valence-electron chi connectivity index (χ2n) is 3.70. The van der Waals surface area contributed by atoms with Gasteiger partial charge in [0.25, 0.3) is 6.01 Å². The average Bonchev–Trinajstić information content (AvgIpc) is 2.53. The second kappa shape index (κ2) is 5.65. The third kappa shape index (κ3) is 3.79. The van der Waals surface area contributed by atoms with Crippen molar-refractivity contribution in [1.82, 2.24) is 10.3 Å². The first-order valence-electron chi connectivity index (χ1n) is 5.11. The highest BCUT2D eigenvalue weighted by atomic mass is 16.4. The van der Waals surface area contributed by atoms with Crippen LogP contribution < -0.4 is 10.6 Å². The van der Waals surface area contributed by atoms with Gasteiger partial charge in [-0.05, 0) is 19.4 Å². The molecule has 0 unspecified atom stereocenters. The minimum atomic E-state index is 0.605. The van der Waals surface area contributed by atoms with Crippen LogP contribution in [0.3, 0.4) is 0 Å². The number of anilines is 1. The minimum Gasteiger partial charge on any atom is -0.432 e. The molecule has 0 spiro atoms. The first-order valence-corrected chi connectivity index (χ1v) is 5.11. The van der Waals surface area contributed by atoms with Gasteiger partial charge in [0.05, 0.1) is 5.69 Å². The molecule has 0 bridgehead atoms. The van der Waals surface area contributed by atoms with Gasteiger partial charge in [-0.3, -0.25) is 0 Å². The number of aromatic nitrogens is 1. The molecule has 1 aromatic heterocycles. The van der Waals surface area contributed by atoms with Gasteiger partial charge in [-0.2, -0.15) is 4.98 Å². The van der Waals surface area contributed by atoms with Crippen LogP contribution in [0.2, 0.25) is 0 Å². The lowest BCUT2D eigenvalue weighted by Gasteiger charge is -2.04. The van der Waals surface area contributed by atoms with E-state index in [4.69, 9.17) is 4.42 Å². The topological polar surface area (TPSA) is 50.1 Å². The molecule has 0 aliphatic rings. The van der Waals surface area contributed by atoms with Crippen LogP contribution in [0.25, 0.3) is 0 Å². The molecule has 0 aliphatic heterocycles. The number of hydrogen-bond acceptors (Lipinski definition) is 4. The van der Waals surface area contributed by atoms with Gasteiger partial charge in [0.15, 0.2) is 0 Å². The molecule has 0 aromatic carbocycles. The van der Waals surface area contributed by atoms with Gasteiger partial charge in [0.1, 0.15) is 6.26 Å². The molecular weight excluding hydrogens is 178 g/mol. The van der Waals surface area contributed by atoms with E-state index in [-0.39, 0.29) is 0 Å². The Kier molecular flexibility index (Phi) is 4.46. The Labute approximate surface area is 85.1 Å². The number of hydrogen-bond donors (Lipinski definition) is 2. The standard InChI is InChI=1S/C10H19N3O/c1-4-12-10-13-9(7-14-10)6-11-5-8(2)3/h7-8,11H,4-6H2,1-3H3,(H,12,13). The molecule has 0 saturated carbocycles. The smallest absolute Gasteiger partial charge is 0.294 e. The van der Waals surface area contributed by atoms with Crippen molar-refractivity contribution in [2.75, 3.05) is 18.4 Å². The molecule has 0 fully saturated rings. The molecule has 1 aromatic rings. The lowest BCUT2D eigenvalue weighted by molar-refractivity contribution is 0.542. The molecule has 0 amide bonds. The SMILES string of the molecule is CCNc1nc(CNCC(C)C)co1. The van der Waals surface area contributed by atoms with Gasteiger partial charge in [-0.15, -0.1) is 0 Å². The predicted octanol–water partition coefficient (Wildman–Crippen LogP) is 1.85. The van der Waals surface area contributed by atoms with Crippen molar-refractivity contribution in [1.29, 1.82) is 0 Å². The summed E-state index contributed by atoms with van der Waals surface area (Å²) < 4.78 is 5.20. The van der Waals surface area contributed by atoms with Crippen molar-refractivity contribution in [3.63, 3.8) is 0 Å². The van der Waals surface area contributed by atoms with E-state index in [2.05, 4.69) is 29.5 Å². The van der Waals surface area contributed by atoms with E-state index in [0.29, 0.717) is 11.9 Å². The third-order valence-electron chi connectivity index (χ3n) is 1.74. The average molecular weight is 197 g/mol. The maximum absolute atomic E-state index is 5.20. The highest BCUT2D eigenvalue weighted by Crippen LogP contribution is 2.06. The van der Waals surface area contributed by atoms with Gasteiger partial charge in [-0.25, -0.2) is 0 Å². The van der Waals surface area contributed by atoms with Gasteiger partial charge in [0.2, 0.25) is 0 Å². The zero-order chi connectivity index (χ0) is 10.4. The molecule has 80 valence electrons. The van der Waals surface area contributed by atoms with Crippen LogP contribution in [-0.2, 0) is 6.54 Å². The Morgan fingerprint density at radius 3 is 2.93 bits per heavy atom. The zero-order valence-corrected chi connectivity index (χ0v) is 9.13. The Morgan fingerprint density at radius 1 is 1.50 bits per heavy atom. The third-order valence-corrected chi connectivity index (χ3v) is 1.74. The molecule has 0 atom stereocenters. The Hall–Kier alpha value is -1.03. The van der Waals surface area contributed by atoms with Crippen LogP contribution in [-0.4, -0.2) is 18.1 Å². The van der Waals surface area contributed by atoms with Gasteiger partial charge < -0.3 is 15.1 Å². The monoisotopic (exact) mass is 197 g/mol. The van der Waals surface area contributed by atoms with E-state index in [0.717, 1.165) is 25.3 Å². The number of nitrogens with zero attached hydrogens (tertiary/aromatic N) is 1. The van der Waals surface area contributed by atoms with Gasteiger partial charge in [0, 0.05) is 13.1 Å². The zero-order valence-electron chi connectivity index (χ0n) is 9.13. The molecule has 0 aliphatic carbocycles. The summed E-state index contributed by atoms with van der Waals surface area (Å²) in [5, 5.41) is 6.33. The highest BCUT2D eigenvalue weighted by Gasteiger charge is 2.01. The van der Waals surface area contributed by atoms with Crippen molar-refractivity contribution in [3.8, 4) is 0 Å². The van der Waals surface area contributed by atoms with Crippen molar-refractivity contribution < 1.29 is 4.42 Å². The van der Waals surface area contributed by atoms with Gasteiger partial charge >= 0.3 is 0 Å². The molecule has 1 rings (SSSR count). The number of rotatable bonds is 6.